The molecule has 0 aliphatic carbocycles. The molecule has 2 N–H and O–H groups in total. The molecule has 0 saturated heterocycles. The first-order chi connectivity index (χ1) is 11.4. The van der Waals surface area contributed by atoms with Crippen LogP contribution in [-0.4, -0.2) is 19.6 Å². The van der Waals surface area contributed by atoms with Gasteiger partial charge in [-0.1, -0.05) is 19.1 Å². The van der Waals surface area contributed by atoms with Crippen LogP contribution >= 0.6 is 0 Å². The van der Waals surface area contributed by atoms with Gasteiger partial charge in [0.05, 0.1) is 6.54 Å². The molecule has 2 aromatic heterocycles. The van der Waals surface area contributed by atoms with E-state index in [1.807, 2.05) is 24.3 Å². The van der Waals surface area contributed by atoms with Gasteiger partial charge in [0.25, 0.3) is 11.4 Å². The van der Waals surface area contributed by atoms with Crippen LogP contribution in [0.15, 0.2) is 35.1 Å². The zero-order chi connectivity index (χ0) is 17.3. The highest BCUT2D eigenvalue weighted by Gasteiger charge is 2.36. The summed E-state index contributed by atoms with van der Waals surface area (Å²) in [6.45, 7) is 2.29. The van der Waals surface area contributed by atoms with E-state index in [-0.39, 0.29) is 12.3 Å². The zero-order valence-electron chi connectivity index (χ0n) is 12.7. The molecule has 3 rings (SSSR count). The van der Waals surface area contributed by atoms with Gasteiger partial charge < -0.3 is 10.3 Å². The van der Waals surface area contributed by atoms with Crippen molar-refractivity contribution in [2.24, 2.45) is 0 Å². The average Bonchev–Trinajstić information content (AvgIpc) is 2.98. The standard InChI is InChI=1S/C15H14F3N5O/c1-2-9-3-5-10(6-4-9)19-8-11-7-12(24)23-14(20-11)21-13(22-23)15(16,17)18/h3-7,19H,2,8H2,1H3,(H,20,21,22). The SMILES string of the molecule is CCc1ccc(NCc2cc(=O)n3nc(C(F)(F)F)nc3[nH]2)cc1. The smallest absolute Gasteiger partial charge is 0.379 e. The lowest BCUT2D eigenvalue weighted by atomic mass is 10.1. The molecule has 0 spiro atoms. The van der Waals surface area contributed by atoms with E-state index in [0.29, 0.717) is 10.2 Å². The van der Waals surface area contributed by atoms with Gasteiger partial charge in [0.2, 0.25) is 5.78 Å². The van der Waals surface area contributed by atoms with E-state index in [2.05, 4.69) is 27.3 Å². The Kier molecular flexibility index (Phi) is 4.00. The predicted molar refractivity (Wildman–Crippen MR) is 81.8 cm³/mol. The fourth-order valence-electron chi connectivity index (χ4n) is 2.21. The molecule has 0 radical (unpaired) electrons. The Morgan fingerprint density at radius 1 is 1.25 bits per heavy atom. The van der Waals surface area contributed by atoms with E-state index >= 15 is 0 Å². The van der Waals surface area contributed by atoms with Crippen LogP contribution in [0.2, 0.25) is 0 Å². The molecule has 6 nitrogen and oxygen atoms in total. The number of nitrogens with one attached hydrogen (secondary N) is 2. The molecule has 0 aliphatic heterocycles. The number of aromatic amines is 1. The number of H-pyrrole nitrogens is 1. The highest BCUT2D eigenvalue weighted by atomic mass is 19.4. The molecule has 0 fully saturated rings. The number of nitrogens with zero attached hydrogens (tertiary/aromatic N) is 3. The summed E-state index contributed by atoms with van der Waals surface area (Å²) in [5, 5.41) is 6.27. The summed E-state index contributed by atoms with van der Waals surface area (Å²) in [6.07, 6.45) is -3.77. The van der Waals surface area contributed by atoms with Gasteiger partial charge in [-0.2, -0.15) is 22.7 Å². The molecular weight excluding hydrogens is 323 g/mol. The summed E-state index contributed by atoms with van der Waals surface area (Å²) in [5.74, 6) is -1.59. The van der Waals surface area contributed by atoms with Crippen molar-refractivity contribution in [3.05, 3.63) is 57.8 Å². The maximum atomic E-state index is 12.6. The first kappa shape index (κ1) is 16.0. The Bertz CT molecular complexity index is 911. The van der Waals surface area contributed by atoms with Gasteiger partial charge in [-0.3, -0.25) is 4.79 Å². The number of aromatic nitrogens is 4. The van der Waals surface area contributed by atoms with E-state index in [0.717, 1.165) is 12.1 Å². The van der Waals surface area contributed by atoms with Crippen LogP contribution in [0, 0.1) is 0 Å². The number of fused-ring (bicyclic) bond motifs is 1. The summed E-state index contributed by atoms with van der Waals surface area (Å²) in [5.41, 5.74) is 1.77. The van der Waals surface area contributed by atoms with Gasteiger partial charge in [0.1, 0.15) is 0 Å². The summed E-state index contributed by atoms with van der Waals surface area (Å²) in [4.78, 5) is 17.9. The first-order valence-electron chi connectivity index (χ1n) is 7.26. The van der Waals surface area contributed by atoms with E-state index in [9.17, 15) is 18.0 Å². The second-order valence-corrected chi connectivity index (χ2v) is 5.21. The molecule has 0 unspecified atom stereocenters. The number of anilines is 1. The highest BCUT2D eigenvalue weighted by Crippen LogP contribution is 2.25. The molecule has 3 aromatic rings. The Morgan fingerprint density at radius 3 is 2.58 bits per heavy atom. The van der Waals surface area contributed by atoms with Gasteiger partial charge in [-0.05, 0) is 24.1 Å². The van der Waals surface area contributed by atoms with Gasteiger partial charge in [0.15, 0.2) is 0 Å². The van der Waals surface area contributed by atoms with E-state index in [1.54, 1.807) is 0 Å². The average molecular weight is 337 g/mol. The van der Waals surface area contributed by atoms with Crippen LogP contribution in [0.4, 0.5) is 18.9 Å². The molecule has 0 amide bonds. The predicted octanol–water partition coefficient (Wildman–Crippen LogP) is 2.61. The summed E-state index contributed by atoms with van der Waals surface area (Å²) in [7, 11) is 0. The largest absolute Gasteiger partial charge is 0.453 e. The fourth-order valence-corrected chi connectivity index (χ4v) is 2.21. The van der Waals surface area contributed by atoms with Gasteiger partial charge in [0, 0.05) is 17.4 Å². The number of hydrogen-bond donors (Lipinski definition) is 2. The van der Waals surface area contributed by atoms with Crippen molar-refractivity contribution in [1.82, 2.24) is 19.6 Å². The van der Waals surface area contributed by atoms with E-state index in [1.165, 1.54) is 11.6 Å². The number of rotatable bonds is 4. The van der Waals surface area contributed by atoms with E-state index in [4.69, 9.17) is 0 Å². The van der Waals surface area contributed by atoms with Crippen LogP contribution in [0.5, 0.6) is 0 Å². The zero-order valence-corrected chi connectivity index (χ0v) is 12.7. The molecule has 126 valence electrons. The highest BCUT2D eigenvalue weighted by molar-refractivity contribution is 5.45. The molecule has 2 heterocycles. The normalized spacial score (nSPS) is 11.8. The van der Waals surface area contributed by atoms with Crippen molar-refractivity contribution in [3.8, 4) is 0 Å². The third-order valence-corrected chi connectivity index (χ3v) is 3.48. The second kappa shape index (κ2) is 5.99. The molecule has 0 aliphatic rings. The third-order valence-electron chi connectivity index (χ3n) is 3.48. The molecular formula is C15H14F3N5O. The van der Waals surface area contributed by atoms with Gasteiger partial charge in [-0.15, -0.1) is 5.10 Å². The van der Waals surface area contributed by atoms with Crippen LogP contribution in [0.1, 0.15) is 24.0 Å². The van der Waals surface area contributed by atoms with Crippen molar-refractivity contribution in [3.63, 3.8) is 0 Å². The van der Waals surface area contributed by atoms with Gasteiger partial charge >= 0.3 is 6.18 Å². The summed E-state index contributed by atoms with van der Waals surface area (Å²) in [6, 6.07) is 8.93. The first-order valence-corrected chi connectivity index (χ1v) is 7.26. The lowest BCUT2D eigenvalue weighted by Gasteiger charge is -2.07. The van der Waals surface area contributed by atoms with Gasteiger partial charge in [-0.25, -0.2) is 0 Å². The minimum absolute atomic E-state index is 0.241. The third kappa shape index (κ3) is 3.24. The Balaban J connectivity index is 1.83. The minimum atomic E-state index is -4.70. The number of hydrogen-bond acceptors (Lipinski definition) is 4. The number of benzene rings is 1. The molecule has 0 atom stereocenters. The minimum Gasteiger partial charge on any atom is -0.379 e. The maximum Gasteiger partial charge on any atom is 0.453 e. The number of halogens is 3. The Hall–Kier alpha value is -2.84. The Morgan fingerprint density at radius 2 is 1.96 bits per heavy atom. The molecule has 9 heteroatoms. The molecule has 24 heavy (non-hydrogen) atoms. The fraction of sp³-hybridized carbons (Fsp3) is 0.267. The second-order valence-electron chi connectivity index (χ2n) is 5.21. The Labute approximate surface area is 134 Å². The van der Waals surface area contributed by atoms with Crippen LogP contribution in [0.3, 0.4) is 0 Å². The summed E-state index contributed by atoms with van der Waals surface area (Å²) >= 11 is 0. The topological polar surface area (TPSA) is 75.1 Å². The van der Waals surface area contributed by atoms with E-state index < -0.39 is 17.6 Å². The monoisotopic (exact) mass is 337 g/mol. The van der Waals surface area contributed by atoms with Crippen LogP contribution in [0.25, 0.3) is 5.78 Å². The lowest BCUT2D eigenvalue weighted by Crippen LogP contribution is -2.17. The number of alkyl halides is 3. The maximum absolute atomic E-state index is 12.6. The van der Waals surface area contributed by atoms with Crippen molar-refractivity contribution >= 4 is 11.5 Å². The van der Waals surface area contributed by atoms with Crippen molar-refractivity contribution in [2.45, 2.75) is 26.1 Å². The molecule has 0 bridgehead atoms. The quantitative estimate of drug-likeness (QED) is 0.767. The van der Waals surface area contributed by atoms with Crippen molar-refractivity contribution in [1.29, 1.82) is 0 Å². The van der Waals surface area contributed by atoms with Crippen LogP contribution < -0.4 is 10.9 Å². The lowest BCUT2D eigenvalue weighted by molar-refractivity contribution is -0.144. The molecule has 0 saturated carbocycles. The molecule has 1 aromatic carbocycles. The van der Waals surface area contributed by atoms with Crippen molar-refractivity contribution < 1.29 is 13.2 Å². The van der Waals surface area contributed by atoms with Crippen molar-refractivity contribution in [2.75, 3.05) is 5.32 Å². The van der Waals surface area contributed by atoms with Crippen LogP contribution in [-0.2, 0) is 19.1 Å². The number of aryl methyl sites for hydroxylation is 1. The summed E-state index contributed by atoms with van der Waals surface area (Å²) < 4.78 is 38.5.